The first kappa shape index (κ1) is 17.4. The quantitative estimate of drug-likeness (QED) is 0.317. The molecule has 0 fully saturated rings. The third-order valence-electron chi connectivity index (χ3n) is 2.86. The van der Waals surface area contributed by atoms with E-state index >= 15 is 0 Å². The van der Waals surface area contributed by atoms with Crippen LogP contribution in [0.3, 0.4) is 0 Å². The second-order valence-corrected chi connectivity index (χ2v) is 5.12. The van der Waals surface area contributed by atoms with Crippen LogP contribution in [0.25, 0.3) is 0 Å². The molecule has 0 aliphatic heterocycles. The first-order valence-corrected chi connectivity index (χ1v) is 7.96. The number of hydrogen-bond donors (Lipinski definition) is 2. The average molecular weight is 307 g/mol. The lowest BCUT2D eigenvalue weighted by Crippen LogP contribution is -2.31. The SMILES string of the molecule is CCCCCCOc1ccc(/C=N/NC(=S)NCC)cc1. The van der Waals surface area contributed by atoms with E-state index in [1.54, 1.807) is 6.21 Å². The number of nitrogens with zero attached hydrogens (tertiary/aromatic N) is 1. The first-order valence-electron chi connectivity index (χ1n) is 7.56. The van der Waals surface area contributed by atoms with E-state index in [0.717, 1.165) is 30.9 Å². The average Bonchev–Trinajstić information content (AvgIpc) is 2.49. The highest BCUT2D eigenvalue weighted by atomic mass is 32.1. The first-order chi connectivity index (χ1) is 10.3. The van der Waals surface area contributed by atoms with Gasteiger partial charge >= 0.3 is 0 Å². The van der Waals surface area contributed by atoms with E-state index in [1.165, 1.54) is 19.3 Å². The van der Waals surface area contributed by atoms with E-state index in [4.69, 9.17) is 17.0 Å². The highest BCUT2D eigenvalue weighted by Crippen LogP contribution is 2.12. The second-order valence-electron chi connectivity index (χ2n) is 4.71. The third-order valence-corrected chi connectivity index (χ3v) is 3.10. The van der Waals surface area contributed by atoms with Gasteiger partial charge in [0.15, 0.2) is 5.11 Å². The molecule has 116 valence electrons. The molecule has 0 atom stereocenters. The summed E-state index contributed by atoms with van der Waals surface area (Å²) in [6.45, 7) is 5.76. The number of hydrazone groups is 1. The van der Waals surface area contributed by atoms with E-state index in [1.807, 2.05) is 31.2 Å². The minimum absolute atomic E-state index is 0.529. The van der Waals surface area contributed by atoms with Crippen molar-refractivity contribution in [1.82, 2.24) is 10.7 Å². The summed E-state index contributed by atoms with van der Waals surface area (Å²) in [5.41, 5.74) is 3.76. The van der Waals surface area contributed by atoms with Gasteiger partial charge in [0.1, 0.15) is 5.75 Å². The molecule has 21 heavy (non-hydrogen) atoms. The van der Waals surface area contributed by atoms with Crippen LogP contribution in [0, 0.1) is 0 Å². The van der Waals surface area contributed by atoms with Crippen LogP contribution in [0.4, 0.5) is 0 Å². The fourth-order valence-corrected chi connectivity index (χ4v) is 1.93. The van der Waals surface area contributed by atoms with Gasteiger partial charge in [0.05, 0.1) is 12.8 Å². The minimum Gasteiger partial charge on any atom is -0.494 e. The maximum atomic E-state index is 5.69. The number of hydrogen-bond acceptors (Lipinski definition) is 3. The Labute approximate surface area is 133 Å². The summed E-state index contributed by atoms with van der Waals surface area (Å²) in [5.74, 6) is 0.903. The monoisotopic (exact) mass is 307 g/mol. The lowest BCUT2D eigenvalue weighted by Gasteiger charge is -2.06. The molecule has 0 amide bonds. The topological polar surface area (TPSA) is 45.6 Å². The van der Waals surface area contributed by atoms with Crippen LogP contribution in [0.15, 0.2) is 29.4 Å². The molecule has 2 N–H and O–H groups in total. The molecule has 1 aromatic rings. The molecule has 1 aromatic carbocycles. The van der Waals surface area contributed by atoms with Crippen LogP contribution in [-0.4, -0.2) is 24.5 Å². The van der Waals surface area contributed by atoms with Gasteiger partial charge in [-0.1, -0.05) is 26.2 Å². The normalized spacial score (nSPS) is 10.6. The molecule has 0 unspecified atom stereocenters. The van der Waals surface area contributed by atoms with Crippen LogP contribution in [0.5, 0.6) is 5.75 Å². The molecule has 0 saturated carbocycles. The molecule has 0 aliphatic carbocycles. The molecule has 0 bridgehead atoms. The highest BCUT2D eigenvalue weighted by molar-refractivity contribution is 7.80. The van der Waals surface area contributed by atoms with Crippen LogP contribution in [-0.2, 0) is 0 Å². The highest BCUT2D eigenvalue weighted by Gasteiger charge is 1.95. The summed E-state index contributed by atoms with van der Waals surface area (Å²) in [7, 11) is 0. The Morgan fingerprint density at radius 3 is 2.62 bits per heavy atom. The van der Waals surface area contributed by atoms with Crippen molar-refractivity contribution in [3.8, 4) is 5.75 Å². The van der Waals surface area contributed by atoms with Crippen LogP contribution in [0.1, 0.15) is 45.1 Å². The lowest BCUT2D eigenvalue weighted by atomic mass is 10.2. The molecule has 5 heteroatoms. The van der Waals surface area contributed by atoms with Crippen molar-refractivity contribution in [2.24, 2.45) is 5.10 Å². The summed E-state index contributed by atoms with van der Waals surface area (Å²) in [5, 5.41) is 7.56. The van der Waals surface area contributed by atoms with Gasteiger partial charge in [-0.3, -0.25) is 5.43 Å². The van der Waals surface area contributed by atoms with Crippen LogP contribution < -0.4 is 15.5 Å². The van der Waals surface area contributed by atoms with Crippen molar-refractivity contribution in [2.75, 3.05) is 13.2 Å². The smallest absolute Gasteiger partial charge is 0.186 e. The molecule has 0 heterocycles. The van der Waals surface area contributed by atoms with Crippen molar-refractivity contribution in [2.45, 2.75) is 39.5 Å². The molecule has 0 aromatic heterocycles. The van der Waals surface area contributed by atoms with Crippen LogP contribution in [0.2, 0.25) is 0 Å². The van der Waals surface area contributed by atoms with E-state index in [-0.39, 0.29) is 0 Å². The van der Waals surface area contributed by atoms with Gasteiger partial charge in [0.25, 0.3) is 0 Å². The largest absolute Gasteiger partial charge is 0.494 e. The Bertz CT molecular complexity index is 432. The van der Waals surface area contributed by atoms with Gasteiger partial charge in [-0.25, -0.2) is 0 Å². The molecule has 0 aliphatic rings. The molecule has 1 rings (SSSR count). The molecular weight excluding hydrogens is 282 g/mol. The molecule has 4 nitrogen and oxygen atoms in total. The van der Waals surface area contributed by atoms with E-state index in [9.17, 15) is 0 Å². The van der Waals surface area contributed by atoms with E-state index < -0.39 is 0 Å². The van der Waals surface area contributed by atoms with Crippen molar-refractivity contribution >= 4 is 23.5 Å². The zero-order chi connectivity index (χ0) is 15.3. The summed E-state index contributed by atoms with van der Waals surface area (Å²) in [6, 6.07) is 7.87. The number of benzene rings is 1. The van der Waals surface area contributed by atoms with Crippen molar-refractivity contribution in [3.63, 3.8) is 0 Å². The van der Waals surface area contributed by atoms with Gasteiger partial charge in [-0.15, -0.1) is 0 Å². The second kappa shape index (κ2) is 11.1. The Morgan fingerprint density at radius 2 is 1.95 bits per heavy atom. The Morgan fingerprint density at radius 1 is 1.19 bits per heavy atom. The minimum atomic E-state index is 0.529. The zero-order valence-electron chi connectivity index (χ0n) is 12.9. The maximum Gasteiger partial charge on any atom is 0.186 e. The standard InChI is InChI=1S/C16H25N3OS/c1-3-5-6-7-12-20-15-10-8-14(9-11-15)13-18-19-16(21)17-4-2/h8-11,13H,3-7,12H2,1-2H3,(H2,17,19,21)/b18-13+. The Balaban J connectivity index is 2.29. The molecule has 0 radical (unpaired) electrons. The summed E-state index contributed by atoms with van der Waals surface area (Å²) in [6.07, 6.45) is 6.61. The van der Waals surface area contributed by atoms with Crippen molar-refractivity contribution in [1.29, 1.82) is 0 Å². The molecule has 0 spiro atoms. The molecular formula is C16H25N3OS. The van der Waals surface area contributed by atoms with Gasteiger partial charge in [-0.05, 0) is 55.4 Å². The summed E-state index contributed by atoms with van der Waals surface area (Å²) >= 11 is 5.01. The van der Waals surface area contributed by atoms with E-state index in [2.05, 4.69) is 22.8 Å². The van der Waals surface area contributed by atoms with Gasteiger partial charge in [0, 0.05) is 6.54 Å². The zero-order valence-corrected chi connectivity index (χ0v) is 13.7. The fourth-order valence-electron chi connectivity index (χ4n) is 1.73. The van der Waals surface area contributed by atoms with Gasteiger partial charge < -0.3 is 10.1 Å². The number of thiocarbonyl (C=S) groups is 1. The predicted octanol–water partition coefficient (Wildman–Crippen LogP) is 3.46. The Hall–Kier alpha value is -1.62. The van der Waals surface area contributed by atoms with Crippen molar-refractivity contribution < 1.29 is 4.74 Å². The number of ether oxygens (including phenoxy) is 1. The predicted molar refractivity (Wildman–Crippen MR) is 93.1 cm³/mol. The van der Waals surface area contributed by atoms with E-state index in [0.29, 0.717) is 5.11 Å². The number of nitrogens with one attached hydrogen (secondary N) is 2. The fraction of sp³-hybridized carbons (Fsp3) is 0.500. The summed E-state index contributed by atoms with van der Waals surface area (Å²) in [4.78, 5) is 0. The lowest BCUT2D eigenvalue weighted by molar-refractivity contribution is 0.305. The van der Waals surface area contributed by atoms with Gasteiger partial charge in [0.2, 0.25) is 0 Å². The summed E-state index contributed by atoms with van der Waals surface area (Å²) < 4.78 is 5.69. The van der Waals surface area contributed by atoms with Gasteiger partial charge in [-0.2, -0.15) is 5.10 Å². The number of unbranched alkanes of at least 4 members (excludes halogenated alkanes) is 3. The number of rotatable bonds is 9. The van der Waals surface area contributed by atoms with Crippen molar-refractivity contribution in [3.05, 3.63) is 29.8 Å². The maximum absolute atomic E-state index is 5.69. The third kappa shape index (κ3) is 8.30. The molecule has 0 saturated heterocycles. The Kier molecular flexibility index (Phi) is 9.20. The van der Waals surface area contributed by atoms with Crippen LogP contribution >= 0.6 is 12.2 Å².